The molecule has 0 aliphatic carbocycles. The molecule has 6 nitrogen and oxygen atoms in total. The highest BCUT2D eigenvalue weighted by Crippen LogP contribution is 2.32. The zero-order valence-corrected chi connectivity index (χ0v) is 17.4. The van der Waals surface area contributed by atoms with E-state index in [1.165, 1.54) is 18.4 Å². The quantitative estimate of drug-likeness (QED) is 0.755. The Morgan fingerprint density at radius 3 is 2.41 bits per heavy atom. The third-order valence-electron chi connectivity index (χ3n) is 5.38. The van der Waals surface area contributed by atoms with Crippen molar-refractivity contribution < 1.29 is 19.0 Å². The normalized spacial score (nSPS) is 17.3. The van der Waals surface area contributed by atoms with Crippen molar-refractivity contribution >= 4 is 11.6 Å². The number of anilines is 1. The van der Waals surface area contributed by atoms with Crippen molar-refractivity contribution in [3.63, 3.8) is 0 Å². The van der Waals surface area contributed by atoms with Crippen LogP contribution in [0.4, 0.5) is 5.69 Å². The van der Waals surface area contributed by atoms with Gasteiger partial charge < -0.3 is 19.5 Å². The van der Waals surface area contributed by atoms with Crippen molar-refractivity contribution in [1.82, 2.24) is 4.90 Å². The van der Waals surface area contributed by atoms with Crippen LogP contribution < -0.4 is 19.5 Å². The van der Waals surface area contributed by atoms with E-state index in [1.807, 2.05) is 18.2 Å². The lowest BCUT2D eigenvalue weighted by molar-refractivity contribution is -0.117. The highest BCUT2D eigenvalue weighted by molar-refractivity contribution is 5.92. The lowest BCUT2D eigenvalue weighted by Crippen LogP contribution is -2.36. The van der Waals surface area contributed by atoms with E-state index in [9.17, 15) is 4.79 Å². The Bertz CT molecular complexity index is 807. The fourth-order valence-corrected chi connectivity index (χ4v) is 3.86. The minimum atomic E-state index is -0.0300. The zero-order valence-electron chi connectivity index (χ0n) is 17.4. The van der Waals surface area contributed by atoms with Crippen LogP contribution in [-0.4, -0.2) is 45.2 Å². The smallest absolute Gasteiger partial charge is 0.238 e. The van der Waals surface area contributed by atoms with Gasteiger partial charge in [0, 0.05) is 17.8 Å². The lowest BCUT2D eigenvalue weighted by Gasteiger charge is -2.30. The van der Waals surface area contributed by atoms with Crippen LogP contribution in [0.5, 0.6) is 17.2 Å². The predicted molar refractivity (Wildman–Crippen MR) is 114 cm³/mol. The first-order valence-corrected chi connectivity index (χ1v) is 10.0. The van der Waals surface area contributed by atoms with Crippen molar-refractivity contribution in [3.05, 3.63) is 48.0 Å². The van der Waals surface area contributed by atoms with Crippen LogP contribution in [0.1, 0.15) is 37.3 Å². The number of amides is 1. The molecular weight excluding hydrogens is 368 g/mol. The summed E-state index contributed by atoms with van der Waals surface area (Å²) in [5, 5.41) is 2.99. The lowest BCUT2D eigenvalue weighted by atomic mass is 10.0. The summed E-state index contributed by atoms with van der Waals surface area (Å²) in [5.41, 5.74) is 1.93. The first-order valence-electron chi connectivity index (χ1n) is 10.0. The minimum Gasteiger partial charge on any atom is -0.497 e. The van der Waals surface area contributed by atoms with E-state index in [0.717, 1.165) is 25.1 Å². The molecule has 1 saturated heterocycles. The highest BCUT2D eigenvalue weighted by Gasteiger charge is 2.24. The van der Waals surface area contributed by atoms with Crippen LogP contribution in [-0.2, 0) is 4.79 Å². The summed E-state index contributed by atoms with van der Waals surface area (Å²) >= 11 is 0. The third kappa shape index (κ3) is 5.41. The van der Waals surface area contributed by atoms with Crippen LogP contribution in [0, 0.1) is 0 Å². The molecule has 1 aliphatic rings. The Morgan fingerprint density at radius 1 is 0.966 bits per heavy atom. The molecule has 1 unspecified atom stereocenters. The van der Waals surface area contributed by atoms with Gasteiger partial charge in [0.25, 0.3) is 0 Å². The van der Waals surface area contributed by atoms with Gasteiger partial charge in [0.2, 0.25) is 5.91 Å². The van der Waals surface area contributed by atoms with Gasteiger partial charge in [-0.25, -0.2) is 0 Å². The fourth-order valence-electron chi connectivity index (χ4n) is 3.86. The number of rotatable bonds is 7. The molecule has 156 valence electrons. The van der Waals surface area contributed by atoms with Crippen molar-refractivity contribution in [2.24, 2.45) is 0 Å². The summed E-state index contributed by atoms with van der Waals surface area (Å²) in [7, 11) is 4.85. The molecule has 0 saturated carbocycles. The van der Waals surface area contributed by atoms with E-state index in [4.69, 9.17) is 14.2 Å². The van der Waals surface area contributed by atoms with Crippen LogP contribution >= 0.6 is 0 Å². The number of benzene rings is 2. The van der Waals surface area contributed by atoms with Gasteiger partial charge in [-0.1, -0.05) is 25.0 Å². The van der Waals surface area contributed by atoms with Crippen LogP contribution in [0.15, 0.2) is 42.5 Å². The second-order valence-corrected chi connectivity index (χ2v) is 7.23. The summed E-state index contributed by atoms with van der Waals surface area (Å²) in [6.45, 7) is 1.26. The van der Waals surface area contributed by atoms with Gasteiger partial charge in [-0.15, -0.1) is 0 Å². The number of likely N-dealkylation sites (tertiary alicyclic amines) is 1. The number of methoxy groups -OCH3 is 3. The Morgan fingerprint density at radius 2 is 1.72 bits per heavy atom. The molecule has 2 aromatic rings. The predicted octanol–water partition coefficient (Wildman–Crippen LogP) is 4.27. The second kappa shape index (κ2) is 10.2. The summed E-state index contributed by atoms with van der Waals surface area (Å²) in [4.78, 5) is 15.1. The third-order valence-corrected chi connectivity index (χ3v) is 5.38. The molecule has 0 aromatic heterocycles. The van der Waals surface area contributed by atoms with Crippen LogP contribution in [0.25, 0.3) is 0 Å². The van der Waals surface area contributed by atoms with Gasteiger partial charge in [0.15, 0.2) is 11.5 Å². The average molecular weight is 399 g/mol. The number of nitrogens with one attached hydrogen (secondary N) is 1. The molecule has 3 rings (SSSR count). The summed E-state index contributed by atoms with van der Waals surface area (Å²) < 4.78 is 15.9. The minimum absolute atomic E-state index is 0.0300. The number of carbonyl (C=O) groups is 1. The molecule has 0 spiro atoms. The Labute approximate surface area is 172 Å². The maximum absolute atomic E-state index is 12.8. The summed E-state index contributed by atoms with van der Waals surface area (Å²) in [6, 6.07) is 13.8. The topological polar surface area (TPSA) is 60.0 Å². The van der Waals surface area contributed by atoms with Gasteiger partial charge in [-0.05, 0) is 49.2 Å². The van der Waals surface area contributed by atoms with Gasteiger partial charge in [-0.3, -0.25) is 9.69 Å². The molecule has 1 heterocycles. The van der Waals surface area contributed by atoms with Gasteiger partial charge in [0.05, 0.1) is 27.9 Å². The maximum atomic E-state index is 12.8. The summed E-state index contributed by atoms with van der Waals surface area (Å²) in [6.07, 6.45) is 4.53. The number of ether oxygens (including phenoxy) is 3. The van der Waals surface area contributed by atoms with Crippen molar-refractivity contribution in [2.75, 3.05) is 39.7 Å². The first-order chi connectivity index (χ1) is 14.1. The Balaban J connectivity index is 1.70. The molecule has 1 atom stereocenters. The fraction of sp³-hybridized carbons (Fsp3) is 0.435. The SMILES string of the molecule is COc1ccc(C2CCCCCN2CC(=O)Nc2ccc(OC)c(OC)c2)cc1. The van der Waals surface area contributed by atoms with Gasteiger partial charge in [0.1, 0.15) is 5.75 Å². The molecule has 1 N–H and O–H groups in total. The van der Waals surface area contributed by atoms with Gasteiger partial charge in [-0.2, -0.15) is 0 Å². The maximum Gasteiger partial charge on any atom is 0.238 e. The van der Waals surface area contributed by atoms with E-state index >= 15 is 0 Å². The first kappa shape index (κ1) is 21.0. The molecule has 6 heteroatoms. The molecule has 1 amide bonds. The number of nitrogens with zero attached hydrogens (tertiary/aromatic N) is 1. The van der Waals surface area contributed by atoms with Gasteiger partial charge >= 0.3 is 0 Å². The molecule has 0 bridgehead atoms. The van der Waals surface area contributed by atoms with E-state index < -0.39 is 0 Å². The molecule has 1 aliphatic heterocycles. The van der Waals surface area contributed by atoms with E-state index in [0.29, 0.717) is 23.7 Å². The number of hydrogen-bond donors (Lipinski definition) is 1. The standard InChI is InChI=1S/C23H30N2O4/c1-27-19-11-8-17(9-12-19)20-7-5-4-6-14-25(20)16-23(26)24-18-10-13-21(28-2)22(15-18)29-3/h8-13,15,20H,4-7,14,16H2,1-3H3,(H,24,26). The molecule has 1 fully saturated rings. The van der Waals surface area contributed by atoms with E-state index in [2.05, 4.69) is 22.3 Å². The number of carbonyl (C=O) groups excluding carboxylic acids is 1. The monoisotopic (exact) mass is 398 g/mol. The molecular formula is C23H30N2O4. The average Bonchev–Trinajstić information content (AvgIpc) is 2.99. The van der Waals surface area contributed by atoms with Crippen molar-refractivity contribution in [1.29, 1.82) is 0 Å². The van der Waals surface area contributed by atoms with E-state index in [1.54, 1.807) is 33.5 Å². The highest BCUT2D eigenvalue weighted by atomic mass is 16.5. The van der Waals surface area contributed by atoms with Crippen molar-refractivity contribution in [2.45, 2.75) is 31.7 Å². The van der Waals surface area contributed by atoms with E-state index in [-0.39, 0.29) is 11.9 Å². The van der Waals surface area contributed by atoms with Crippen LogP contribution in [0.3, 0.4) is 0 Å². The van der Waals surface area contributed by atoms with Crippen LogP contribution in [0.2, 0.25) is 0 Å². The Hall–Kier alpha value is -2.73. The summed E-state index contributed by atoms with van der Waals surface area (Å²) in [5.74, 6) is 2.05. The molecule has 2 aromatic carbocycles. The largest absolute Gasteiger partial charge is 0.497 e. The molecule has 0 radical (unpaired) electrons. The second-order valence-electron chi connectivity index (χ2n) is 7.23. The molecule has 29 heavy (non-hydrogen) atoms. The van der Waals surface area contributed by atoms with Crippen molar-refractivity contribution in [3.8, 4) is 17.2 Å². The zero-order chi connectivity index (χ0) is 20.6. The Kier molecular flexibility index (Phi) is 7.36. The number of hydrogen-bond acceptors (Lipinski definition) is 5.